The Balaban J connectivity index is 2.10. The lowest BCUT2D eigenvalue weighted by Crippen LogP contribution is -2.23. The summed E-state index contributed by atoms with van der Waals surface area (Å²) in [4.78, 5) is 19.4. The fourth-order valence-electron chi connectivity index (χ4n) is 2.53. The molecule has 0 aliphatic rings. The topological polar surface area (TPSA) is 63.1 Å². The molecule has 0 atom stereocenters. The number of aromatic nitrogens is 4. The second-order valence-corrected chi connectivity index (χ2v) is 5.63. The van der Waals surface area contributed by atoms with E-state index in [9.17, 15) is 18.0 Å². The van der Waals surface area contributed by atoms with Gasteiger partial charge in [-0.1, -0.05) is 24.6 Å². The maximum atomic E-state index is 13.0. The van der Waals surface area contributed by atoms with E-state index in [0.29, 0.717) is 29.0 Å². The summed E-state index contributed by atoms with van der Waals surface area (Å²) in [6, 6.07) is 3.63. The van der Waals surface area contributed by atoms with Crippen LogP contribution in [0.3, 0.4) is 0 Å². The van der Waals surface area contributed by atoms with Crippen molar-refractivity contribution in [2.75, 3.05) is 0 Å². The summed E-state index contributed by atoms with van der Waals surface area (Å²) in [5, 5.41) is 3.45. The van der Waals surface area contributed by atoms with Crippen molar-refractivity contribution >= 4 is 17.4 Å². The first-order valence-electron chi connectivity index (χ1n) is 7.10. The molecule has 9 heteroatoms. The Hall–Kier alpha value is -2.35. The van der Waals surface area contributed by atoms with Gasteiger partial charge in [-0.15, -0.1) is 0 Å². The molecular formula is C15H12ClF3N4O. The number of nitrogens with zero attached hydrogens (tertiary/aromatic N) is 3. The molecular weight excluding hydrogens is 345 g/mol. The van der Waals surface area contributed by atoms with Crippen molar-refractivity contribution in [1.29, 1.82) is 0 Å². The van der Waals surface area contributed by atoms with Crippen LogP contribution in [0.5, 0.6) is 0 Å². The number of fused-ring (bicyclic) bond motifs is 1. The quantitative estimate of drug-likeness (QED) is 0.783. The minimum Gasteiger partial charge on any atom is -0.327 e. The summed E-state index contributed by atoms with van der Waals surface area (Å²) in [6.07, 6.45) is -2.77. The average Bonchev–Trinajstić information content (AvgIpc) is 2.99. The maximum Gasteiger partial charge on any atom is 0.417 e. The highest BCUT2D eigenvalue weighted by molar-refractivity contribution is 6.31. The lowest BCUT2D eigenvalue weighted by Gasteiger charge is -2.12. The van der Waals surface area contributed by atoms with E-state index in [1.807, 2.05) is 6.92 Å². The van der Waals surface area contributed by atoms with E-state index in [1.54, 1.807) is 0 Å². The number of rotatable bonds is 3. The monoisotopic (exact) mass is 356 g/mol. The third-order valence-electron chi connectivity index (χ3n) is 3.70. The summed E-state index contributed by atoms with van der Waals surface area (Å²) in [7, 11) is 0. The predicted octanol–water partition coefficient (Wildman–Crippen LogP) is 3.24. The number of benzene rings is 1. The molecule has 1 aromatic carbocycles. The minimum absolute atomic E-state index is 0.0363. The van der Waals surface area contributed by atoms with E-state index < -0.39 is 17.3 Å². The molecule has 0 saturated heterocycles. The van der Waals surface area contributed by atoms with Gasteiger partial charge in [0.1, 0.15) is 6.33 Å². The lowest BCUT2D eigenvalue weighted by molar-refractivity contribution is -0.137. The van der Waals surface area contributed by atoms with E-state index in [1.165, 1.54) is 18.5 Å². The van der Waals surface area contributed by atoms with E-state index >= 15 is 0 Å². The van der Waals surface area contributed by atoms with Gasteiger partial charge in [0.2, 0.25) is 5.78 Å². The third-order valence-corrected chi connectivity index (χ3v) is 4.03. The highest BCUT2D eigenvalue weighted by atomic mass is 35.5. The average molecular weight is 357 g/mol. The van der Waals surface area contributed by atoms with E-state index in [2.05, 4.69) is 15.1 Å². The highest BCUT2D eigenvalue weighted by Gasteiger charge is 2.33. The van der Waals surface area contributed by atoms with Crippen LogP contribution in [0.15, 0.2) is 29.3 Å². The fraction of sp³-hybridized carbons (Fsp3) is 0.267. The molecule has 0 bridgehead atoms. The summed E-state index contributed by atoms with van der Waals surface area (Å²) in [5.41, 5.74) is -0.0130. The second-order valence-electron chi connectivity index (χ2n) is 5.22. The van der Waals surface area contributed by atoms with Crippen molar-refractivity contribution in [3.05, 3.63) is 62.3 Å². The van der Waals surface area contributed by atoms with Gasteiger partial charge in [-0.2, -0.15) is 27.8 Å². The van der Waals surface area contributed by atoms with Gasteiger partial charge < -0.3 is 4.98 Å². The molecule has 24 heavy (non-hydrogen) atoms. The molecule has 3 rings (SSSR count). The molecule has 0 unspecified atom stereocenters. The summed E-state index contributed by atoms with van der Waals surface area (Å²) >= 11 is 5.63. The van der Waals surface area contributed by atoms with Crippen molar-refractivity contribution in [2.24, 2.45) is 0 Å². The Morgan fingerprint density at radius 3 is 2.75 bits per heavy atom. The van der Waals surface area contributed by atoms with Gasteiger partial charge in [0.15, 0.2) is 0 Å². The van der Waals surface area contributed by atoms with Gasteiger partial charge in [0, 0.05) is 17.7 Å². The number of alkyl halides is 3. The molecule has 0 spiro atoms. The second kappa shape index (κ2) is 5.94. The number of halogens is 4. The molecule has 2 heterocycles. The number of H-pyrrole nitrogens is 1. The Kier molecular flexibility index (Phi) is 4.08. The maximum absolute atomic E-state index is 13.0. The zero-order valence-corrected chi connectivity index (χ0v) is 13.2. The fourth-order valence-corrected chi connectivity index (χ4v) is 2.76. The Bertz CT molecular complexity index is 961. The van der Waals surface area contributed by atoms with Gasteiger partial charge in [-0.3, -0.25) is 4.79 Å². The van der Waals surface area contributed by atoms with Gasteiger partial charge in [0.05, 0.1) is 10.6 Å². The van der Waals surface area contributed by atoms with Crippen LogP contribution in [0.25, 0.3) is 5.78 Å². The van der Waals surface area contributed by atoms with Crippen LogP contribution in [0, 0.1) is 0 Å². The first-order valence-corrected chi connectivity index (χ1v) is 7.48. The normalized spacial score (nSPS) is 12.0. The molecule has 2 aromatic heterocycles. The molecule has 1 N–H and O–H groups in total. The van der Waals surface area contributed by atoms with E-state index in [4.69, 9.17) is 11.6 Å². The first-order chi connectivity index (χ1) is 11.3. The number of hydrogen-bond donors (Lipinski definition) is 1. The van der Waals surface area contributed by atoms with Crippen LogP contribution in [0.1, 0.15) is 29.3 Å². The van der Waals surface area contributed by atoms with E-state index in [-0.39, 0.29) is 11.4 Å². The first kappa shape index (κ1) is 16.5. The largest absolute Gasteiger partial charge is 0.417 e. The van der Waals surface area contributed by atoms with Crippen LogP contribution in [-0.4, -0.2) is 19.6 Å². The SMILES string of the molecule is CCc1[nH]c2ncnn2c(=O)c1Cc1ccc(Cl)c(C(F)(F)F)c1. The Morgan fingerprint density at radius 1 is 1.33 bits per heavy atom. The molecule has 0 saturated carbocycles. The summed E-state index contributed by atoms with van der Waals surface area (Å²) in [5.74, 6) is 0.299. The number of aryl methyl sites for hydroxylation is 1. The molecule has 5 nitrogen and oxygen atoms in total. The van der Waals surface area contributed by atoms with Crippen molar-refractivity contribution in [3.63, 3.8) is 0 Å². The lowest BCUT2D eigenvalue weighted by atomic mass is 10.0. The Labute approximate surface area is 139 Å². The smallest absolute Gasteiger partial charge is 0.327 e. The molecule has 126 valence electrons. The zero-order chi connectivity index (χ0) is 17.5. The van der Waals surface area contributed by atoms with Crippen molar-refractivity contribution in [1.82, 2.24) is 19.6 Å². The Morgan fingerprint density at radius 2 is 2.08 bits per heavy atom. The van der Waals surface area contributed by atoms with Crippen molar-refractivity contribution in [2.45, 2.75) is 25.9 Å². The molecule has 0 amide bonds. The van der Waals surface area contributed by atoms with Crippen LogP contribution in [-0.2, 0) is 19.0 Å². The standard InChI is InChI=1S/C15H12ClF3N4O/c1-2-12-9(13(24)23-14(22-12)20-7-21-23)5-8-3-4-11(16)10(6-8)15(17,18)19/h3-4,6-7H,2,5H2,1H3,(H,20,21,22). The van der Waals surface area contributed by atoms with Gasteiger partial charge >= 0.3 is 6.18 Å². The summed E-state index contributed by atoms with van der Waals surface area (Å²) < 4.78 is 40.0. The number of hydrogen-bond acceptors (Lipinski definition) is 3. The molecule has 0 radical (unpaired) electrons. The van der Waals surface area contributed by atoms with Gasteiger partial charge in [-0.25, -0.2) is 0 Å². The number of aromatic amines is 1. The summed E-state index contributed by atoms with van der Waals surface area (Å²) in [6.45, 7) is 1.84. The third kappa shape index (κ3) is 2.89. The molecule has 0 aliphatic carbocycles. The molecule has 0 aliphatic heterocycles. The van der Waals surface area contributed by atoms with E-state index in [0.717, 1.165) is 10.6 Å². The van der Waals surface area contributed by atoms with Crippen molar-refractivity contribution < 1.29 is 13.2 Å². The van der Waals surface area contributed by atoms with Crippen LogP contribution in [0.4, 0.5) is 13.2 Å². The predicted molar refractivity (Wildman–Crippen MR) is 82.2 cm³/mol. The zero-order valence-electron chi connectivity index (χ0n) is 12.5. The van der Waals surface area contributed by atoms with Crippen LogP contribution in [0.2, 0.25) is 5.02 Å². The van der Waals surface area contributed by atoms with Gasteiger partial charge in [-0.05, 0) is 24.1 Å². The molecule has 3 aromatic rings. The van der Waals surface area contributed by atoms with Crippen LogP contribution >= 0.6 is 11.6 Å². The molecule has 0 fully saturated rings. The number of nitrogens with one attached hydrogen (secondary N) is 1. The highest BCUT2D eigenvalue weighted by Crippen LogP contribution is 2.35. The van der Waals surface area contributed by atoms with Crippen molar-refractivity contribution in [3.8, 4) is 0 Å². The minimum atomic E-state index is -4.55. The van der Waals surface area contributed by atoms with Gasteiger partial charge in [0.25, 0.3) is 5.56 Å². The van der Waals surface area contributed by atoms with Crippen LogP contribution < -0.4 is 5.56 Å².